The van der Waals surface area contributed by atoms with Gasteiger partial charge in [0.05, 0.1) is 16.4 Å². The standard InChI is InChI=1S/C22H20ClN5OS/c1-4-14-30-22-25-24-20(17-12-8-9-13-18(17)23)27(22)19-15(2)26(3)28(21(19)29)16-10-6-5-7-11-16/h4-13H,1,14H2,2-3H3. The number of rotatable bonds is 6. The monoisotopic (exact) mass is 437 g/mol. The van der Waals surface area contributed by atoms with Crippen LogP contribution in [-0.2, 0) is 7.05 Å². The van der Waals surface area contributed by atoms with Crippen LogP contribution in [0.15, 0.2) is 77.2 Å². The van der Waals surface area contributed by atoms with Crippen molar-refractivity contribution >= 4 is 23.4 Å². The molecule has 6 nitrogen and oxygen atoms in total. The van der Waals surface area contributed by atoms with Crippen LogP contribution in [0.2, 0.25) is 5.02 Å². The molecule has 152 valence electrons. The summed E-state index contributed by atoms with van der Waals surface area (Å²) in [5.74, 6) is 1.16. The Morgan fingerprint density at radius 1 is 1.10 bits per heavy atom. The maximum Gasteiger partial charge on any atom is 0.296 e. The van der Waals surface area contributed by atoms with Crippen molar-refractivity contribution in [2.24, 2.45) is 7.05 Å². The van der Waals surface area contributed by atoms with Crippen molar-refractivity contribution in [3.05, 3.63) is 88.3 Å². The van der Waals surface area contributed by atoms with E-state index in [2.05, 4.69) is 16.8 Å². The second-order valence-corrected chi connectivity index (χ2v) is 8.03. The fourth-order valence-corrected chi connectivity index (χ4v) is 4.22. The smallest absolute Gasteiger partial charge is 0.283 e. The average Bonchev–Trinajstić information content (AvgIpc) is 3.25. The first kappa shape index (κ1) is 20.3. The molecule has 0 saturated heterocycles. The Bertz CT molecular complexity index is 1270. The molecule has 0 unspecified atom stereocenters. The van der Waals surface area contributed by atoms with Crippen LogP contribution >= 0.6 is 23.4 Å². The Hall–Kier alpha value is -3.03. The van der Waals surface area contributed by atoms with Gasteiger partial charge in [0.2, 0.25) is 0 Å². The van der Waals surface area contributed by atoms with Gasteiger partial charge in [0, 0.05) is 18.4 Å². The van der Waals surface area contributed by atoms with Gasteiger partial charge >= 0.3 is 0 Å². The molecular weight excluding hydrogens is 418 g/mol. The van der Waals surface area contributed by atoms with Crippen LogP contribution in [0.4, 0.5) is 0 Å². The lowest BCUT2D eigenvalue weighted by Crippen LogP contribution is -2.21. The average molecular weight is 438 g/mol. The molecule has 0 aliphatic heterocycles. The maximum atomic E-state index is 13.6. The largest absolute Gasteiger partial charge is 0.296 e. The molecular formula is C22H20ClN5OS. The van der Waals surface area contributed by atoms with Crippen molar-refractivity contribution in [3.8, 4) is 22.8 Å². The molecule has 2 aromatic carbocycles. The van der Waals surface area contributed by atoms with Gasteiger partial charge in [-0.2, -0.15) is 0 Å². The van der Waals surface area contributed by atoms with Crippen LogP contribution in [0.25, 0.3) is 22.8 Å². The van der Waals surface area contributed by atoms with Crippen molar-refractivity contribution in [1.29, 1.82) is 0 Å². The van der Waals surface area contributed by atoms with Gasteiger partial charge in [-0.15, -0.1) is 16.8 Å². The van der Waals surface area contributed by atoms with Gasteiger partial charge in [-0.1, -0.05) is 59.8 Å². The van der Waals surface area contributed by atoms with E-state index in [0.29, 0.717) is 33.0 Å². The van der Waals surface area contributed by atoms with Crippen LogP contribution in [0.5, 0.6) is 0 Å². The molecule has 2 aromatic heterocycles. The first-order valence-corrected chi connectivity index (χ1v) is 10.7. The predicted molar refractivity (Wildman–Crippen MR) is 122 cm³/mol. The van der Waals surface area contributed by atoms with E-state index >= 15 is 0 Å². The molecule has 30 heavy (non-hydrogen) atoms. The Kier molecular flexibility index (Phi) is 5.65. The molecule has 0 aliphatic rings. The Balaban J connectivity index is 2.01. The predicted octanol–water partition coefficient (Wildman–Crippen LogP) is 4.66. The quantitative estimate of drug-likeness (QED) is 0.325. The summed E-state index contributed by atoms with van der Waals surface area (Å²) in [6.07, 6.45) is 1.79. The van der Waals surface area contributed by atoms with Crippen LogP contribution in [0.1, 0.15) is 5.69 Å². The van der Waals surface area contributed by atoms with Gasteiger partial charge in [0.15, 0.2) is 11.0 Å². The summed E-state index contributed by atoms with van der Waals surface area (Å²) < 4.78 is 5.28. The van der Waals surface area contributed by atoms with E-state index in [1.54, 1.807) is 21.4 Å². The minimum absolute atomic E-state index is 0.158. The van der Waals surface area contributed by atoms with Crippen LogP contribution in [0, 0.1) is 6.92 Å². The summed E-state index contributed by atoms with van der Waals surface area (Å²) in [5, 5.41) is 9.89. The summed E-state index contributed by atoms with van der Waals surface area (Å²) in [5.41, 5.74) is 2.62. The number of benzene rings is 2. The zero-order valence-electron chi connectivity index (χ0n) is 16.6. The number of nitrogens with zero attached hydrogens (tertiary/aromatic N) is 5. The van der Waals surface area contributed by atoms with Crippen molar-refractivity contribution in [3.63, 3.8) is 0 Å². The lowest BCUT2D eigenvalue weighted by atomic mass is 10.2. The third kappa shape index (κ3) is 3.40. The minimum Gasteiger partial charge on any atom is -0.283 e. The normalized spacial score (nSPS) is 11.0. The molecule has 8 heteroatoms. The Morgan fingerprint density at radius 3 is 2.50 bits per heavy atom. The van der Waals surface area contributed by atoms with Gasteiger partial charge in [-0.05, 0) is 31.2 Å². The van der Waals surface area contributed by atoms with Crippen molar-refractivity contribution in [2.75, 3.05) is 5.75 Å². The molecule has 2 heterocycles. The number of para-hydroxylation sites is 1. The van der Waals surface area contributed by atoms with E-state index in [4.69, 9.17) is 11.6 Å². The van der Waals surface area contributed by atoms with Gasteiger partial charge < -0.3 is 0 Å². The SMILES string of the molecule is C=CCSc1nnc(-c2ccccc2Cl)n1-c1c(C)n(C)n(-c2ccccc2)c1=O. The van der Waals surface area contributed by atoms with Crippen molar-refractivity contribution < 1.29 is 0 Å². The van der Waals surface area contributed by atoms with E-state index in [1.807, 2.05) is 67.2 Å². The summed E-state index contributed by atoms with van der Waals surface area (Å²) in [6.45, 7) is 5.69. The van der Waals surface area contributed by atoms with Gasteiger partial charge in [0.1, 0.15) is 5.69 Å². The number of hydrogen-bond donors (Lipinski definition) is 0. The van der Waals surface area contributed by atoms with E-state index in [-0.39, 0.29) is 5.56 Å². The summed E-state index contributed by atoms with van der Waals surface area (Å²) in [4.78, 5) is 13.6. The molecule has 4 rings (SSSR count). The van der Waals surface area contributed by atoms with Crippen LogP contribution < -0.4 is 5.56 Å². The summed E-state index contributed by atoms with van der Waals surface area (Å²) in [6, 6.07) is 17.0. The highest BCUT2D eigenvalue weighted by molar-refractivity contribution is 7.99. The maximum absolute atomic E-state index is 13.6. The second-order valence-electron chi connectivity index (χ2n) is 6.63. The van der Waals surface area contributed by atoms with Gasteiger partial charge in [-0.3, -0.25) is 14.0 Å². The molecule has 0 atom stereocenters. The second kappa shape index (κ2) is 8.38. The minimum atomic E-state index is -0.158. The fraction of sp³-hybridized carbons (Fsp3) is 0.136. The van der Waals surface area contributed by atoms with E-state index in [9.17, 15) is 4.79 Å². The van der Waals surface area contributed by atoms with Crippen molar-refractivity contribution in [1.82, 2.24) is 24.1 Å². The highest BCUT2D eigenvalue weighted by atomic mass is 35.5. The molecule has 4 aromatic rings. The van der Waals surface area contributed by atoms with Crippen molar-refractivity contribution in [2.45, 2.75) is 12.1 Å². The van der Waals surface area contributed by atoms with Gasteiger partial charge in [-0.25, -0.2) is 4.68 Å². The first-order valence-electron chi connectivity index (χ1n) is 9.33. The molecule has 0 fully saturated rings. The first-order chi connectivity index (χ1) is 14.5. The van der Waals surface area contributed by atoms with E-state index < -0.39 is 0 Å². The molecule has 0 spiro atoms. The number of hydrogen-bond acceptors (Lipinski definition) is 4. The Morgan fingerprint density at radius 2 is 1.80 bits per heavy atom. The highest BCUT2D eigenvalue weighted by Crippen LogP contribution is 2.32. The molecule has 0 N–H and O–H groups in total. The molecule has 0 saturated carbocycles. The molecule has 0 aliphatic carbocycles. The third-order valence-corrected chi connectivity index (χ3v) is 6.08. The summed E-state index contributed by atoms with van der Waals surface area (Å²) in [7, 11) is 1.86. The number of thioether (sulfide) groups is 1. The van der Waals surface area contributed by atoms with Crippen LogP contribution in [-0.4, -0.2) is 29.9 Å². The van der Waals surface area contributed by atoms with Crippen LogP contribution in [0.3, 0.4) is 0 Å². The molecule has 0 amide bonds. The lowest BCUT2D eigenvalue weighted by Gasteiger charge is -2.09. The molecule has 0 radical (unpaired) electrons. The topological polar surface area (TPSA) is 57.6 Å². The number of aromatic nitrogens is 5. The third-order valence-electron chi connectivity index (χ3n) is 4.83. The van der Waals surface area contributed by atoms with E-state index in [0.717, 1.165) is 11.4 Å². The zero-order chi connectivity index (χ0) is 21.3. The van der Waals surface area contributed by atoms with E-state index in [1.165, 1.54) is 11.8 Å². The lowest BCUT2D eigenvalue weighted by molar-refractivity contribution is 0.630. The zero-order valence-corrected chi connectivity index (χ0v) is 18.2. The van der Waals surface area contributed by atoms with Gasteiger partial charge in [0.25, 0.3) is 5.56 Å². The molecule has 0 bridgehead atoms. The highest BCUT2D eigenvalue weighted by Gasteiger charge is 2.25. The fourth-order valence-electron chi connectivity index (χ4n) is 3.33. The Labute approximate surface area is 183 Å². The summed E-state index contributed by atoms with van der Waals surface area (Å²) >= 11 is 7.91. The number of halogens is 1.